The van der Waals surface area contributed by atoms with E-state index in [4.69, 9.17) is 0 Å². The van der Waals surface area contributed by atoms with E-state index in [2.05, 4.69) is 10.2 Å². The second kappa shape index (κ2) is 8.11. The van der Waals surface area contributed by atoms with Crippen LogP contribution >= 0.6 is 0 Å². The van der Waals surface area contributed by atoms with Gasteiger partial charge in [0, 0.05) is 30.7 Å². The van der Waals surface area contributed by atoms with E-state index >= 15 is 0 Å². The van der Waals surface area contributed by atoms with Crippen molar-refractivity contribution in [2.75, 3.05) is 13.1 Å². The molecule has 5 heteroatoms. The monoisotopic (exact) mass is 344 g/mol. The third kappa shape index (κ3) is 4.47. The molecule has 2 N–H and O–H groups in total. The van der Waals surface area contributed by atoms with Crippen LogP contribution in [0.1, 0.15) is 54.4 Å². The van der Waals surface area contributed by atoms with E-state index in [9.17, 15) is 14.7 Å². The van der Waals surface area contributed by atoms with E-state index in [1.807, 2.05) is 19.1 Å². The van der Waals surface area contributed by atoms with Crippen molar-refractivity contribution in [3.63, 3.8) is 0 Å². The van der Waals surface area contributed by atoms with Crippen molar-refractivity contribution in [3.8, 4) is 0 Å². The number of carbonyl (C=O) groups is 2. The Morgan fingerprint density at radius 2 is 1.68 bits per heavy atom. The first-order valence-electron chi connectivity index (χ1n) is 9.38. The summed E-state index contributed by atoms with van der Waals surface area (Å²) < 4.78 is 0. The summed E-state index contributed by atoms with van der Waals surface area (Å²) >= 11 is 0. The normalized spacial score (nSPS) is 25.5. The molecule has 1 aromatic carbocycles. The molecule has 1 saturated heterocycles. The Balaban J connectivity index is 1.49. The standard InChI is InChI=1S/C20H28N2O3/c1-14-6-8-15(9-7-14)19(24)20(25)21-16-10-12-22(13-11-16)17-4-2-3-5-18(17)23/h6-9,16-18,23H,2-5,10-13H2,1H3,(H,21,25). The number of rotatable bonds is 4. The van der Waals surface area contributed by atoms with Gasteiger partial charge in [0.2, 0.25) is 5.78 Å². The molecule has 0 aromatic heterocycles. The molecule has 0 radical (unpaired) electrons. The fraction of sp³-hybridized carbons (Fsp3) is 0.600. The zero-order chi connectivity index (χ0) is 17.8. The molecular weight excluding hydrogens is 316 g/mol. The lowest BCUT2D eigenvalue weighted by Crippen LogP contribution is -2.52. The van der Waals surface area contributed by atoms with Crippen LogP contribution < -0.4 is 5.32 Å². The van der Waals surface area contributed by atoms with Crippen LogP contribution in [0.2, 0.25) is 0 Å². The molecule has 1 aliphatic carbocycles. The quantitative estimate of drug-likeness (QED) is 0.648. The van der Waals surface area contributed by atoms with Gasteiger partial charge in [-0.1, -0.05) is 42.7 Å². The number of carbonyl (C=O) groups excluding carboxylic acids is 2. The summed E-state index contributed by atoms with van der Waals surface area (Å²) in [4.78, 5) is 26.8. The number of aryl methyl sites for hydroxylation is 1. The molecule has 1 heterocycles. The Morgan fingerprint density at radius 1 is 1.04 bits per heavy atom. The highest BCUT2D eigenvalue weighted by Crippen LogP contribution is 2.25. The topological polar surface area (TPSA) is 69.6 Å². The van der Waals surface area contributed by atoms with Gasteiger partial charge in [0.15, 0.2) is 0 Å². The van der Waals surface area contributed by atoms with Gasteiger partial charge in [-0.3, -0.25) is 14.5 Å². The summed E-state index contributed by atoms with van der Waals surface area (Å²) in [6.45, 7) is 3.68. The van der Waals surface area contributed by atoms with Crippen LogP contribution in [0, 0.1) is 6.92 Å². The summed E-state index contributed by atoms with van der Waals surface area (Å²) in [5.74, 6) is -0.981. The number of ketones is 1. The Bertz CT molecular complexity index is 606. The van der Waals surface area contributed by atoms with Crippen LogP contribution in [0.25, 0.3) is 0 Å². The molecule has 2 atom stereocenters. The first-order valence-corrected chi connectivity index (χ1v) is 9.38. The van der Waals surface area contributed by atoms with Crippen molar-refractivity contribution < 1.29 is 14.7 Å². The number of hydrogen-bond donors (Lipinski definition) is 2. The maximum Gasteiger partial charge on any atom is 0.292 e. The third-order valence-corrected chi connectivity index (χ3v) is 5.55. The van der Waals surface area contributed by atoms with Gasteiger partial charge >= 0.3 is 0 Å². The first kappa shape index (κ1) is 18.1. The molecular formula is C20H28N2O3. The maximum atomic E-state index is 12.2. The van der Waals surface area contributed by atoms with Crippen LogP contribution in [0.5, 0.6) is 0 Å². The lowest BCUT2D eigenvalue weighted by atomic mass is 9.89. The predicted molar refractivity (Wildman–Crippen MR) is 96.5 cm³/mol. The predicted octanol–water partition coefficient (Wildman–Crippen LogP) is 2.06. The van der Waals surface area contributed by atoms with Crippen molar-refractivity contribution in [2.45, 2.75) is 63.6 Å². The van der Waals surface area contributed by atoms with Gasteiger partial charge in [-0.05, 0) is 32.6 Å². The molecule has 1 amide bonds. The van der Waals surface area contributed by atoms with Gasteiger partial charge in [0.1, 0.15) is 0 Å². The van der Waals surface area contributed by atoms with E-state index in [1.165, 1.54) is 6.42 Å². The fourth-order valence-corrected chi connectivity index (χ4v) is 3.98. The number of nitrogens with zero attached hydrogens (tertiary/aromatic N) is 1. The van der Waals surface area contributed by atoms with Gasteiger partial charge in [-0.25, -0.2) is 0 Å². The number of hydrogen-bond acceptors (Lipinski definition) is 4. The SMILES string of the molecule is Cc1ccc(C(=O)C(=O)NC2CCN(C3CCCCC3O)CC2)cc1. The molecule has 1 aromatic rings. The summed E-state index contributed by atoms with van der Waals surface area (Å²) in [5, 5.41) is 13.1. The van der Waals surface area contributed by atoms with Crippen molar-refractivity contribution in [1.82, 2.24) is 10.2 Å². The number of Topliss-reactive ketones (excluding diaryl/α,β-unsaturated/α-hetero) is 1. The molecule has 1 aliphatic heterocycles. The summed E-state index contributed by atoms with van der Waals surface area (Å²) in [6.07, 6.45) is 5.69. The number of aliphatic hydroxyl groups excluding tert-OH is 1. The molecule has 0 bridgehead atoms. The highest BCUT2D eigenvalue weighted by Gasteiger charge is 2.32. The number of piperidine rings is 1. The molecule has 2 aliphatic rings. The van der Waals surface area contributed by atoms with Gasteiger partial charge in [0.25, 0.3) is 5.91 Å². The average Bonchev–Trinajstić information content (AvgIpc) is 2.63. The Hall–Kier alpha value is -1.72. The van der Waals surface area contributed by atoms with Gasteiger partial charge < -0.3 is 10.4 Å². The zero-order valence-electron chi connectivity index (χ0n) is 14.9. The van der Waals surface area contributed by atoms with Gasteiger partial charge in [0.05, 0.1) is 6.10 Å². The molecule has 3 rings (SSSR count). The average molecular weight is 344 g/mol. The molecule has 25 heavy (non-hydrogen) atoms. The summed E-state index contributed by atoms with van der Waals surface area (Å²) in [7, 11) is 0. The zero-order valence-corrected chi connectivity index (χ0v) is 14.9. The number of benzene rings is 1. The number of likely N-dealkylation sites (tertiary alicyclic amines) is 1. The highest BCUT2D eigenvalue weighted by atomic mass is 16.3. The summed E-state index contributed by atoms with van der Waals surface area (Å²) in [6, 6.07) is 7.39. The van der Waals surface area contributed by atoms with Crippen molar-refractivity contribution in [2.24, 2.45) is 0 Å². The maximum absolute atomic E-state index is 12.2. The minimum atomic E-state index is -0.514. The van der Waals surface area contributed by atoms with Gasteiger partial charge in [-0.2, -0.15) is 0 Å². The largest absolute Gasteiger partial charge is 0.391 e. The van der Waals surface area contributed by atoms with Crippen LogP contribution in [0.3, 0.4) is 0 Å². The second-order valence-corrected chi connectivity index (χ2v) is 7.40. The number of amides is 1. The minimum absolute atomic E-state index is 0.0406. The van der Waals surface area contributed by atoms with Crippen molar-refractivity contribution >= 4 is 11.7 Å². The molecule has 1 saturated carbocycles. The lowest BCUT2D eigenvalue weighted by molar-refractivity contribution is -0.118. The van der Waals surface area contributed by atoms with Crippen molar-refractivity contribution in [3.05, 3.63) is 35.4 Å². The van der Waals surface area contributed by atoms with Crippen LogP contribution in [-0.4, -0.2) is 53.0 Å². The Labute approximate surface area is 149 Å². The van der Waals surface area contributed by atoms with E-state index in [0.717, 1.165) is 50.8 Å². The fourth-order valence-electron chi connectivity index (χ4n) is 3.98. The lowest BCUT2D eigenvalue weighted by Gasteiger charge is -2.41. The molecule has 2 fully saturated rings. The molecule has 5 nitrogen and oxygen atoms in total. The molecule has 2 unspecified atom stereocenters. The minimum Gasteiger partial charge on any atom is -0.391 e. The second-order valence-electron chi connectivity index (χ2n) is 7.40. The van der Waals surface area contributed by atoms with E-state index in [-0.39, 0.29) is 18.2 Å². The van der Waals surface area contributed by atoms with Crippen LogP contribution in [-0.2, 0) is 4.79 Å². The highest BCUT2D eigenvalue weighted by molar-refractivity contribution is 6.42. The number of nitrogens with one attached hydrogen (secondary N) is 1. The molecule has 136 valence electrons. The summed E-state index contributed by atoms with van der Waals surface area (Å²) in [5.41, 5.74) is 1.50. The first-order chi connectivity index (χ1) is 12.0. The van der Waals surface area contributed by atoms with Gasteiger partial charge in [-0.15, -0.1) is 0 Å². The van der Waals surface area contributed by atoms with E-state index < -0.39 is 11.7 Å². The Kier molecular flexibility index (Phi) is 5.86. The number of aliphatic hydroxyl groups is 1. The van der Waals surface area contributed by atoms with E-state index in [1.54, 1.807) is 12.1 Å². The van der Waals surface area contributed by atoms with Crippen LogP contribution in [0.15, 0.2) is 24.3 Å². The third-order valence-electron chi connectivity index (χ3n) is 5.55. The molecule has 0 spiro atoms. The van der Waals surface area contributed by atoms with Crippen LogP contribution in [0.4, 0.5) is 0 Å². The smallest absolute Gasteiger partial charge is 0.292 e. The Morgan fingerprint density at radius 3 is 2.32 bits per heavy atom. The van der Waals surface area contributed by atoms with Crippen molar-refractivity contribution in [1.29, 1.82) is 0 Å². The van der Waals surface area contributed by atoms with E-state index in [0.29, 0.717) is 5.56 Å².